The van der Waals surface area contributed by atoms with E-state index in [4.69, 9.17) is 4.74 Å². The van der Waals surface area contributed by atoms with Gasteiger partial charge in [-0.15, -0.1) is 0 Å². The lowest BCUT2D eigenvalue weighted by Gasteiger charge is -2.13. The van der Waals surface area contributed by atoms with Crippen LogP contribution in [0, 0.1) is 0 Å². The molecule has 1 heterocycles. The number of hydrogen-bond acceptors (Lipinski definition) is 4. The predicted molar refractivity (Wildman–Crippen MR) is 70.5 cm³/mol. The number of ether oxygens (including phenoxy) is 1. The van der Waals surface area contributed by atoms with E-state index in [2.05, 4.69) is 21.2 Å². The Labute approximate surface area is 113 Å². The first kappa shape index (κ1) is 12.9. The molecule has 1 aliphatic heterocycles. The fourth-order valence-corrected chi connectivity index (χ4v) is 2.31. The predicted octanol–water partition coefficient (Wildman–Crippen LogP) is 1.63. The van der Waals surface area contributed by atoms with Crippen molar-refractivity contribution in [3.05, 3.63) is 22.7 Å². The molecule has 1 saturated heterocycles. The van der Waals surface area contributed by atoms with Gasteiger partial charge in [-0.05, 0) is 12.1 Å². The number of carbonyl (C=O) groups is 2. The second kappa shape index (κ2) is 4.97. The summed E-state index contributed by atoms with van der Waals surface area (Å²) in [6.45, 7) is 0. The Morgan fingerprint density at radius 2 is 2.11 bits per heavy atom. The first-order chi connectivity index (χ1) is 8.51. The average Bonchev–Trinajstić information content (AvgIpc) is 2.56. The van der Waals surface area contributed by atoms with Crippen molar-refractivity contribution >= 4 is 33.4 Å². The first-order valence-electron chi connectivity index (χ1n) is 5.43. The van der Waals surface area contributed by atoms with Crippen molar-refractivity contribution in [2.75, 3.05) is 19.5 Å². The summed E-state index contributed by atoms with van der Waals surface area (Å²) in [6.07, 6.45) is 0.185. The van der Waals surface area contributed by atoms with Gasteiger partial charge in [0, 0.05) is 23.3 Å². The van der Waals surface area contributed by atoms with Gasteiger partial charge >= 0.3 is 0 Å². The topological polar surface area (TPSA) is 58.6 Å². The maximum atomic E-state index is 11.8. The van der Waals surface area contributed by atoms with Crippen LogP contribution < -0.4 is 10.1 Å². The highest BCUT2D eigenvalue weighted by Gasteiger charge is 2.35. The number of nitrogens with one attached hydrogen (secondary N) is 1. The van der Waals surface area contributed by atoms with Crippen molar-refractivity contribution < 1.29 is 14.3 Å². The van der Waals surface area contributed by atoms with Crippen molar-refractivity contribution in [1.82, 2.24) is 4.90 Å². The quantitative estimate of drug-likeness (QED) is 0.862. The molecule has 0 aromatic heterocycles. The van der Waals surface area contributed by atoms with Crippen molar-refractivity contribution in [3.8, 4) is 5.75 Å². The Kier molecular flexibility index (Phi) is 3.56. The van der Waals surface area contributed by atoms with Crippen LogP contribution in [0.4, 0.5) is 5.69 Å². The normalized spacial score (nSPS) is 19.3. The SMILES string of the molecule is COc1cc(Br)cc(NC2CC(=O)N(C)C2=O)c1. The van der Waals surface area contributed by atoms with Crippen LogP contribution >= 0.6 is 15.9 Å². The summed E-state index contributed by atoms with van der Waals surface area (Å²) in [5, 5.41) is 3.04. The third-order valence-corrected chi connectivity index (χ3v) is 3.29. The lowest BCUT2D eigenvalue weighted by molar-refractivity contribution is -0.136. The molecular weight excluding hydrogens is 300 g/mol. The van der Waals surface area contributed by atoms with E-state index in [1.54, 1.807) is 13.2 Å². The van der Waals surface area contributed by atoms with E-state index in [1.807, 2.05) is 12.1 Å². The molecule has 0 bridgehead atoms. The highest BCUT2D eigenvalue weighted by Crippen LogP contribution is 2.26. The number of likely N-dealkylation sites (tertiary alicyclic amines) is 1. The molecule has 0 aliphatic carbocycles. The van der Waals surface area contributed by atoms with E-state index in [0.29, 0.717) is 5.75 Å². The molecule has 6 heteroatoms. The fraction of sp³-hybridized carbons (Fsp3) is 0.333. The van der Waals surface area contributed by atoms with Gasteiger partial charge in [-0.1, -0.05) is 15.9 Å². The third-order valence-electron chi connectivity index (χ3n) is 2.83. The number of amides is 2. The number of methoxy groups -OCH3 is 1. The summed E-state index contributed by atoms with van der Waals surface area (Å²) >= 11 is 3.36. The number of hydrogen-bond donors (Lipinski definition) is 1. The summed E-state index contributed by atoms with van der Waals surface area (Å²) in [4.78, 5) is 24.3. The molecule has 0 spiro atoms. The Hall–Kier alpha value is -1.56. The molecular formula is C12H13BrN2O3. The van der Waals surface area contributed by atoms with E-state index < -0.39 is 6.04 Å². The van der Waals surface area contributed by atoms with Crippen LogP contribution in [0.1, 0.15) is 6.42 Å². The molecule has 1 fully saturated rings. The largest absolute Gasteiger partial charge is 0.497 e. The summed E-state index contributed by atoms with van der Waals surface area (Å²) in [7, 11) is 3.07. The number of nitrogens with zero attached hydrogens (tertiary/aromatic N) is 1. The highest BCUT2D eigenvalue weighted by atomic mass is 79.9. The first-order valence-corrected chi connectivity index (χ1v) is 6.22. The monoisotopic (exact) mass is 312 g/mol. The zero-order valence-electron chi connectivity index (χ0n) is 10.1. The number of carbonyl (C=O) groups excluding carboxylic acids is 2. The maximum absolute atomic E-state index is 11.8. The molecule has 1 atom stereocenters. The van der Waals surface area contributed by atoms with Crippen molar-refractivity contribution in [2.24, 2.45) is 0 Å². The lowest BCUT2D eigenvalue weighted by Crippen LogP contribution is -2.31. The Morgan fingerprint density at radius 1 is 1.39 bits per heavy atom. The number of imide groups is 1. The molecule has 96 valence electrons. The molecule has 1 aromatic rings. The van der Waals surface area contributed by atoms with E-state index in [1.165, 1.54) is 7.05 Å². The van der Waals surface area contributed by atoms with E-state index >= 15 is 0 Å². The van der Waals surface area contributed by atoms with Crippen LogP contribution in [-0.2, 0) is 9.59 Å². The van der Waals surface area contributed by atoms with E-state index in [-0.39, 0.29) is 18.2 Å². The Balaban J connectivity index is 2.17. The maximum Gasteiger partial charge on any atom is 0.251 e. The van der Waals surface area contributed by atoms with Gasteiger partial charge in [-0.25, -0.2) is 0 Å². The minimum atomic E-state index is -0.499. The minimum Gasteiger partial charge on any atom is -0.497 e. The molecule has 1 unspecified atom stereocenters. The van der Waals surface area contributed by atoms with Crippen molar-refractivity contribution in [2.45, 2.75) is 12.5 Å². The standard InChI is InChI=1S/C12H13BrN2O3/c1-15-11(16)6-10(12(15)17)14-8-3-7(13)4-9(5-8)18-2/h3-5,10,14H,6H2,1-2H3. The zero-order chi connectivity index (χ0) is 13.3. The molecule has 2 amide bonds. The summed E-state index contributed by atoms with van der Waals surface area (Å²) < 4.78 is 5.98. The molecule has 1 aliphatic rings. The molecule has 18 heavy (non-hydrogen) atoms. The third kappa shape index (κ3) is 2.48. The molecule has 0 saturated carbocycles. The Bertz CT molecular complexity index is 504. The molecule has 1 aromatic carbocycles. The van der Waals surface area contributed by atoms with Gasteiger partial charge in [0.25, 0.3) is 5.91 Å². The Morgan fingerprint density at radius 3 is 2.67 bits per heavy atom. The van der Waals surface area contributed by atoms with E-state index in [9.17, 15) is 9.59 Å². The van der Waals surface area contributed by atoms with Crippen LogP contribution in [0.3, 0.4) is 0 Å². The van der Waals surface area contributed by atoms with Crippen LogP contribution in [0.2, 0.25) is 0 Å². The number of anilines is 1. The van der Waals surface area contributed by atoms with Crippen molar-refractivity contribution in [1.29, 1.82) is 0 Å². The molecule has 5 nitrogen and oxygen atoms in total. The van der Waals surface area contributed by atoms with E-state index in [0.717, 1.165) is 15.1 Å². The summed E-state index contributed by atoms with van der Waals surface area (Å²) in [5.74, 6) is 0.301. The highest BCUT2D eigenvalue weighted by molar-refractivity contribution is 9.10. The van der Waals surface area contributed by atoms with Crippen LogP contribution in [0.5, 0.6) is 5.75 Å². The van der Waals surface area contributed by atoms with Crippen molar-refractivity contribution in [3.63, 3.8) is 0 Å². The van der Waals surface area contributed by atoms with Gasteiger partial charge in [0.1, 0.15) is 11.8 Å². The van der Waals surface area contributed by atoms with Crippen LogP contribution in [0.25, 0.3) is 0 Å². The lowest BCUT2D eigenvalue weighted by atomic mass is 10.2. The average molecular weight is 313 g/mol. The second-order valence-corrected chi connectivity index (χ2v) is 4.99. The van der Waals surface area contributed by atoms with Gasteiger partial charge in [0.05, 0.1) is 13.5 Å². The zero-order valence-corrected chi connectivity index (χ0v) is 11.7. The van der Waals surface area contributed by atoms with Gasteiger partial charge in [-0.2, -0.15) is 0 Å². The number of benzene rings is 1. The number of rotatable bonds is 3. The minimum absolute atomic E-state index is 0.167. The summed E-state index contributed by atoms with van der Waals surface area (Å²) in [5.41, 5.74) is 0.739. The molecule has 1 N–H and O–H groups in total. The van der Waals surface area contributed by atoms with Gasteiger partial charge in [0.15, 0.2) is 0 Å². The fourth-order valence-electron chi connectivity index (χ4n) is 1.83. The molecule has 0 radical (unpaired) electrons. The van der Waals surface area contributed by atoms with Crippen LogP contribution in [-0.4, -0.2) is 36.9 Å². The molecule has 2 rings (SSSR count). The second-order valence-electron chi connectivity index (χ2n) is 4.07. The van der Waals surface area contributed by atoms with Gasteiger partial charge in [-0.3, -0.25) is 14.5 Å². The van der Waals surface area contributed by atoms with Crippen LogP contribution in [0.15, 0.2) is 22.7 Å². The van der Waals surface area contributed by atoms with Gasteiger partial charge in [0.2, 0.25) is 5.91 Å². The smallest absolute Gasteiger partial charge is 0.251 e. The number of likely N-dealkylation sites (N-methyl/N-ethyl adjacent to an activating group) is 1. The number of halogens is 1. The summed E-state index contributed by atoms with van der Waals surface area (Å²) in [6, 6.07) is 4.93. The van der Waals surface area contributed by atoms with Gasteiger partial charge < -0.3 is 10.1 Å².